The summed E-state index contributed by atoms with van der Waals surface area (Å²) in [6, 6.07) is 14.3. The van der Waals surface area contributed by atoms with Gasteiger partial charge in [0, 0.05) is 28.8 Å². The van der Waals surface area contributed by atoms with Crippen LogP contribution in [0.3, 0.4) is 0 Å². The van der Waals surface area contributed by atoms with Gasteiger partial charge in [0.15, 0.2) is 0 Å². The summed E-state index contributed by atoms with van der Waals surface area (Å²) in [7, 11) is 1.97. The lowest BCUT2D eigenvalue weighted by molar-refractivity contribution is 0.689. The average Bonchev–Trinajstić information content (AvgIpc) is 2.38. The molecule has 0 spiro atoms. The summed E-state index contributed by atoms with van der Waals surface area (Å²) in [4.78, 5) is 4.45. The van der Waals surface area contributed by atoms with Crippen LogP contribution in [0.5, 0.6) is 0 Å². The first kappa shape index (κ1) is 12.3. The van der Waals surface area contributed by atoms with E-state index in [1.165, 1.54) is 5.56 Å². The molecule has 1 heterocycles. The predicted molar refractivity (Wildman–Crippen MR) is 74.1 cm³/mol. The van der Waals surface area contributed by atoms with E-state index in [1.54, 1.807) is 0 Å². The second kappa shape index (κ2) is 5.94. The Kier molecular flexibility index (Phi) is 4.29. The number of benzene rings is 1. The van der Waals surface area contributed by atoms with Crippen molar-refractivity contribution >= 4 is 15.9 Å². The molecule has 2 aromatic rings. The molecule has 17 heavy (non-hydrogen) atoms. The third-order valence-electron chi connectivity index (χ3n) is 2.73. The summed E-state index contributed by atoms with van der Waals surface area (Å²) in [5.74, 6) is 0.275. The van der Waals surface area contributed by atoms with Gasteiger partial charge in [0.25, 0.3) is 0 Å². The number of likely N-dealkylation sites (N-methyl/N-ethyl adjacent to an activating group) is 1. The van der Waals surface area contributed by atoms with Gasteiger partial charge in [-0.25, -0.2) is 0 Å². The van der Waals surface area contributed by atoms with Gasteiger partial charge in [-0.2, -0.15) is 0 Å². The maximum Gasteiger partial charge on any atom is 0.0491 e. The fraction of sp³-hybridized carbons (Fsp3) is 0.214. The van der Waals surface area contributed by atoms with Crippen LogP contribution < -0.4 is 5.32 Å². The van der Waals surface area contributed by atoms with Gasteiger partial charge >= 0.3 is 0 Å². The van der Waals surface area contributed by atoms with Crippen molar-refractivity contribution in [1.29, 1.82) is 0 Å². The number of nitrogens with zero attached hydrogens (tertiary/aromatic N) is 1. The molecule has 0 aliphatic carbocycles. The molecule has 0 saturated carbocycles. The highest BCUT2D eigenvalue weighted by Gasteiger charge is 2.16. The molecule has 3 heteroatoms. The van der Waals surface area contributed by atoms with Crippen LogP contribution in [0.4, 0.5) is 0 Å². The molecule has 1 aromatic carbocycles. The van der Waals surface area contributed by atoms with E-state index in [9.17, 15) is 0 Å². The van der Waals surface area contributed by atoms with Crippen molar-refractivity contribution in [3.05, 3.63) is 64.4 Å². The fourth-order valence-electron chi connectivity index (χ4n) is 1.92. The number of hydrogen-bond acceptors (Lipinski definition) is 2. The molecule has 0 saturated heterocycles. The zero-order chi connectivity index (χ0) is 12.1. The molecule has 0 aliphatic heterocycles. The van der Waals surface area contributed by atoms with E-state index >= 15 is 0 Å². The van der Waals surface area contributed by atoms with E-state index in [0.29, 0.717) is 0 Å². The largest absolute Gasteiger partial charge is 0.319 e. The Labute approximate surface area is 110 Å². The van der Waals surface area contributed by atoms with Crippen LogP contribution in [0, 0.1) is 0 Å². The molecule has 0 fully saturated rings. The molecule has 1 unspecified atom stereocenters. The van der Waals surface area contributed by atoms with Gasteiger partial charge in [0.05, 0.1) is 0 Å². The van der Waals surface area contributed by atoms with E-state index in [0.717, 1.165) is 16.7 Å². The standard InChI is InChI=1S/C14H15BrN2/c1-16-10-12(14-8-4-5-9-17-14)11-6-2-3-7-13(11)15/h2-9,12,16H,10H2,1H3. The third-order valence-corrected chi connectivity index (χ3v) is 3.46. The number of pyridine rings is 1. The number of aromatic nitrogens is 1. The zero-order valence-corrected chi connectivity index (χ0v) is 11.3. The average molecular weight is 291 g/mol. The smallest absolute Gasteiger partial charge is 0.0491 e. The summed E-state index contributed by atoms with van der Waals surface area (Å²) in [6.07, 6.45) is 1.84. The maximum atomic E-state index is 4.45. The highest BCUT2D eigenvalue weighted by molar-refractivity contribution is 9.10. The molecule has 0 aliphatic rings. The molecule has 0 amide bonds. The van der Waals surface area contributed by atoms with Gasteiger partial charge in [0.1, 0.15) is 0 Å². The Morgan fingerprint density at radius 3 is 2.59 bits per heavy atom. The van der Waals surface area contributed by atoms with Crippen molar-refractivity contribution < 1.29 is 0 Å². The molecule has 0 bridgehead atoms. The first-order valence-corrected chi connectivity index (χ1v) is 6.42. The Morgan fingerprint density at radius 2 is 1.94 bits per heavy atom. The normalized spacial score (nSPS) is 12.4. The van der Waals surface area contributed by atoms with Crippen LogP contribution in [-0.2, 0) is 0 Å². The lowest BCUT2D eigenvalue weighted by atomic mass is 9.95. The van der Waals surface area contributed by atoms with Gasteiger partial charge < -0.3 is 5.32 Å². The second-order valence-corrected chi connectivity index (χ2v) is 4.74. The highest BCUT2D eigenvalue weighted by Crippen LogP contribution is 2.28. The van der Waals surface area contributed by atoms with E-state index in [2.05, 4.69) is 50.5 Å². The molecule has 1 N–H and O–H groups in total. The van der Waals surface area contributed by atoms with E-state index in [1.807, 2.05) is 31.4 Å². The minimum atomic E-state index is 0.275. The summed E-state index contributed by atoms with van der Waals surface area (Å²) in [6.45, 7) is 0.875. The van der Waals surface area contributed by atoms with Gasteiger partial charge in [-0.1, -0.05) is 40.2 Å². The molecular weight excluding hydrogens is 276 g/mol. The summed E-state index contributed by atoms with van der Waals surface area (Å²) in [5.41, 5.74) is 2.36. The van der Waals surface area contributed by atoms with Crippen LogP contribution in [0.15, 0.2) is 53.1 Å². The number of rotatable bonds is 4. The summed E-state index contributed by atoms with van der Waals surface area (Å²) in [5, 5.41) is 3.23. The minimum absolute atomic E-state index is 0.275. The van der Waals surface area contributed by atoms with Crippen molar-refractivity contribution in [1.82, 2.24) is 10.3 Å². The number of nitrogens with one attached hydrogen (secondary N) is 1. The summed E-state index contributed by atoms with van der Waals surface area (Å²) >= 11 is 3.61. The summed E-state index contributed by atoms with van der Waals surface area (Å²) < 4.78 is 1.13. The Morgan fingerprint density at radius 1 is 1.18 bits per heavy atom. The van der Waals surface area contributed by atoms with Crippen molar-refractivity contribution in [2.75, 3.05) is 13.6 Å². The Balaban J connectivity index is 2.39. The SMILES string of the molecule is CNCC(c1ccccn1)c1ccccc1Br. The zero-order valence-electron chi connectivity index (χ0n) is 9.73. The Hall–Kier alpha value is -1.19. The molecular formula is C14H15BrN2. The first-order valence-electron chi connectivity index (χ1n) is 5.63. The van der Waals surface area contributed by atoms with Crippen molar-refractivity contribution in [3.8, 4) is 0 Å². The van der Waals surface area contributed by atoms with E-state index in [-0.39, 0.29) is 5.92 Å². The molecule has 88 valence electrons. The fourth-order valence-corrected chi connectivity index (χ4v) is 2.48. The minimum Gasteiger partial charge on any atom is -0.319 e. The molecule has 0 radical (unpaired) electrons. The second-order valence-electron chi connectivity index (χ2n) is 3.89. The van der Waals surface area contributed by atoms with Crippen LogP contribution in [0.25, 0.3) is 0 Å². The molecule has 1 atom stereocenters. The van der Waals surface area contributed by atoms with Gasteiger partial charge in [-0.05, 0) is 30.8 Å². The maximum absolute atomic E-state index is 4.45. The molecule has 2 rings (SSSR count). The quantitative estimate of drug-likeness (QED) is 0.935. The topological polar surface area (TPSA) is 24.9 Å². The van der Waals surface area contributed by atoms with Crippen LogP contribution in [-0.4, -0.2) is 18.6 Å². The van der Waals surface area contributed by atoms with E-state index in [4.69, 9.17) is 0 Å². The Bertz CT molecular complexity index is 471. The molecule has 2 nitrogen and oxygen atoms in total. The van der Waals surface area contributed by atoms with E-state index < -0.39 is 0 Å². The monoisotopic (exact) mass is 290 g/mol. The highest BCUT2D eigenvalue weighted by atomic mass is 79.9. The lowest BCUT2D eigenvalue weighted by Gasteiger charge is -2.17. The number of halogens is 1. The lowest BCUT2D eigenvalue weighted by Crippen LogP contribution is -2.19. The van der Waals surface area contributed by atoms with Crippen LogP contribution in [0.1, 0.15) is 17.2 Å². The van der Waals surface area contributed by atoms with Crippen LogP contribution >= 0.6 is 15.9 Å². The van der Waals surface area contributed by atoms with Gasteiger partial charge in [-0.15, -0.1) is 0 Å². The number of hydrogen-bond donors (Lipinski definition) is 1. The predicted octanol–water partition coefficient (Wildman–Crippen LogP) is 3.20. The van der Waals surface area contributed by atoms with Gasteiger partial charge in [-0.3, -0.25) is 4.98 Å². The third kappa shape index (κ3) is 2.93. The van der Waals surface area contributed by atoms with Crippen molar-refractivity contribution in [2.24, 2.45) is 0 Å². The van der Waals surface area contributed by atoms with Crippen molar-refractivity contribution in [3.63, 3.8) is 0 Å². The van der Waals surface area contributed by atoms with Crippen LogP contribution in [0.2, 0.25) is 0 Å². The van der Waals surface area contributed by atoms with Crippen molar-refractivity contribution in [2.45, 2.75) is 5.92 Å². The van der Waals surface area contributed by atoms with Gasteiger partial charge in [0.2, 0.25) is 0 Å². The first-order chi connectivity index (χ1) is 8.33. The molecule has 1 aromatic heterocycles.